The van der Waals surface area contributed by atoms with E-state index in [1.54, 1.807) is 0 Å². The number of allylic oxidation sites excluding steroid dienone is 2. The van der Waals surface area contributed by atoms with Crippen molar-refractivity contribution in [3.05, 3.63) is 12.2 Å². The fourth-order valence-corrected chi connectivity index (χ4v) is 8.75. The standard InChI is InChI=1S/C49H97NO6S/c1-3-5-7-9-11-13-15-17-19-21-23-24-25-26-28-30-32-34-36-38-40-42-44-48(52)49(53)50-46(45-57(54,55)56)47(51)43-41-39-37-35-33-31-29-27-22-20-18-16-14-12-10-8-6-4-2/h26,28,46-48,51-52H,3-25,27,29-45H2,1-2H3,(H,50,53)(H,54,55,56)/b28-26-. The van der Waals surface area contributed by atoms with Crippen LogP contribution in [0.3, 0.4) is 0 Å². The van der Waals surface area contributed by atoms with Crippen molar-refractivity contribution in [1.82, 2.24) is 5.32 Å². The van der Waals surface area contributed by atoms with E-state index in [0.29, 0.717) is 19.3 Å². The van der Waals surface area contributed by atoms with Gasteiger partial charge in [0.1, 0.15) is 6.10 Å². The number of hydrogen-bond donors (Lipinski definition) is 4. The predicted molar refractivity (Wildman–Crippen MR) is 246 cm³/mol. The van der Waals surface area contributed by atoms with Crippen molar-refractivity contribution in [2.45, 2.75) is 289 Å². The molecule has 8 heteroatoms. The van der Waals surface area contributed by atoms with Gasteiger partial charge in [-0.3, -0.25) is 9.35 Å². The summed E-state index contributed by atoms with van der Waals surface area (Å²) in [4.78, 5) is 12.7. The van der Waals surface area contributed by atoms with Gasteiger partial charge in [-0.1, -0.05) is 244 Å². The third kappa shape index (κ3) is 43.0. The molecule has 0 saturated carbocycles. The molecule has 0 saturated heterocycles. The number of nitrogens with one attached hydrogen (secondary N) is 1. The largest absolute Gasteiger partial charge is 0.391 e. The van der Waals surface area contributed by atoms with E-state index in [9.17, 15) is 28.0 Å². The number of aliphatic hydroxyl groups excluding tert-OH is 2. The molecule has 7 nitrogen and oxygen atoms in total. The van der Waals surface area contributed by atoms with E-state index >= 15 is 0 Å². The fourth-order valence-electron chi connectivity index (χ4n) is 7.99. The summed E-state index contributed by atoms with van der Waals surface area (Å²) in [5.41, 5.74) is 0. The molecule has 3 atom stereocenters. The second-order valence-electron chi connectivity index (χ2n) is 17.6. The highest BCUT2D eigenvalue weighted by Crippen LogP contribution is 2.17. The molecule has 0 aliphatic heterocycles. The molecule has 1 amide bonds. The first-order valence-corrected chi connectivity index (χ1v) is 26.6. The molecule has 57 heavy (non-hydrogen) atoms. The summed E-state index contributed by atoms with van der Waals surface area (Å²) in [6.07, 6.45) is 50.9. The number of amides is 1. The molecule has 0 aliphatic rings. The summed E-state index contributed by atoms with van der Waals surface area (Å²) in [6, 6.07) is -1.15. The third-order valence-electron chi connectivity index (χ3n) is 11.8. The first-order chi connectivity index (χ1) is 27.7. The number of carbonyl (C=O) groups excluding carboxylic acids is 1. The van der Waals surface area contributed by atoms with E-state index in [4.69, 9.17) is 0 Å². The van der Waals surface area contributed by atoms with Gasteiger partial charge in [0.05, 0.1) is 17.9 Å². The average molecular weight is 828 g/mol. The summed E-state index contributed by atoms with van der Waals surface area (Å²) in [6.45, 7) is 4.55. The molecule has 0 fully saturated rings. The van der Waals surface area contributed by atoms with Gasteiger partial charge in [-0.25, -0.2) is 0 Å². The van der Waals surface area contributed by atoms with E-state index in [0.717, 1.165) is 51.4 Å². The molecule has 0 aromatic carbocycles. The molecule has 0 aromatic rings. The monoisotopic (exact) mass is 828 g/mol. The van der Waals surface area contributed by atoms with Crippen LogP contribution in [0.2, 0.25) is 0 Å². The Balaban J connectivity index is 3.85. The second-order valence-corrected chi connectivity index (χ2v) is 19.1. The van der Waals surface area contributed by atoms with Crippen molar-refractivity contribution in [3.8, 4) is 0 Å². The quantitative estimate of drug-likeness (QED) is 0.0275. The van der Waals surface area contributed by atoms with Gasteiger partial charge in [0.2, 0.25) is 5.91 Å². The maximum Gasteiger partial charge on any atom is 0.266 e. The SMILES string of the molecule is CCCCCCCCCCCCCC/C=C\CCCCCCCCC(O)C(=O)NC(CS(=O)(=O)O)C(O)CCCCCCCCCCCCCCCCCCCC. The number of rotatable bonds is 46. The van der Waals surface area contributed by atoms with Crippen molar-refractivity contribution >= 4 is 16.0 Å². The van der Waals surface area contributed by atoms with Gasteiger partial charge < -0.3 is 15.5 Å². The maximum atomic E-state index is 12.7. The summed E-state index contributed by atoms with van der Waals surface area (Å²) in [5.74, 6) is -1.45. The Morgan fingerprint density at radius 2 is 0.737 bits per heavy atom. The second kappa shape index (κ2) is 43.1. The summed E-state index contributed by atoms with van der Waals surface area (Å²) in [7, 11) is -4.41. The van der Waals surface area contributed by atoms with Crippen LogP contribution in [0.1, 0.15) is 271 Å². The average Bonchev–Trinajstić information content (AvgIpc) is 3.18. The highest BCUT2D eigenvalue weighted by atomic mass is 32.2. The lowest BCUT2D eigenvalue weighted by Gasteiger charge is -2.24. The summed E-state index contributed by atoms with van der Waals surface area (Å²) in [5, 5.41) is 23.7. The molecule has 0 aromatic heterocycles. The van der Waals surface area contributed by atoms with Crippen LogP contribution in [0.15, 0.2) is 12.2 Å². The first kappa shape index (κ1) is 56.0. The minimum atomic E-state index is -4.41. The van der Waals surface area contributed by atoms with Crippen LogP contribution in [-0.2, 0) is 14.9 Å². The van der Waals surface area contributed by atoms with Crippen molar-refractivity contribution in [2.75, 3.05) is 5.75 Å². The van der Waals surface area contributed by atoms with Gasteiger partial charge in [-0.15, -0.1) is 0 Å². The Morgan fingerprint density at radius 1 is 0.456 bits per heavy atom. The normalized spacial score (nSPS) is 13.7. The Hall–Kier alpha value is -0.960. The minimum absolute atomic E-state index is 0.293. The summed E-state index contributed by atoms with van der Waals surface area (Å²) < 4.78 is 32.7. The topological polar surface area (TPSA) is 124 Å². The Labute approximate surface area is 354 Å². The number of unbranched alkanes of at least 4 members (excludes halogenated alkanes) is 35. The Kier molecular flexibility index (Phi) is 42.4. The Morgan fingerprint density at radius 3 is 1.05 bits per heavy atom. The zero-order valence-corrected chi connectivity index (χ0v) is 38.7. The van der Waals surface area contributed by atoms with E-state index in [-0.39, 0.29) is 0 Å². The zero-order valence-electron chi connectivity index (χ0n) is 37.9. The van der Waals surface area contributed by atoms with Crippen LogP contribution in [0.5, 0.6) is 0 Å². The zero-order chi connectivity index (χ0) is 41.9. The van der Waals surface area contributed by atoms with E-state index < -0.39 is 40.0 Å². The molecule has 0 rings (SSSR count). The highest BCUT2D eigenvalue weighted by Gasteiger charge is 2.28. The molecule has 3 unspecified atom stereocenters. The molecule has 0 spiro atoms. The van der Waals surface area contributed by atoms with Crippen molar-refractivity contribution in [3.63, 3.8) is 0 Å². The van der Waals surface area contributed by atoms with E-state index in [1.165, 1.54) is 186 Å². The van der Waals surface area contributed by atoms with Gasteiger partial charge >= 0.3 is 0 Å². The van der Waals surface area contributed by atoms with Gasteiger partial charge in [0, 0.05) is 0 Å². The van der Waals surface area contributed by atoms with Crippen LogP contribution in [-0.4, -0.2) is 53.1 Å². The van der Waals surface area contributed by atoms with Crippen molar-refractivity contribution in [1.29, 1.82) is 0 Å². The van der Waals surface area contributed by atoms with Gasteiger partial charge in [0.25, 0.3) is 10.1 Å². The number of hydrogen-bond acceptors (Lipinski definition) is 5. The fraction of sp³-hybridized carbons (Fsp3) is 0.939. The lowest BCUT2D eigenvalue weighted by atomic mass is 10.0. The molecular formula is C49H97NO6S. The van der Waals surface area contributed by atoms with E-state index in [1.807, 2.05) is 0 Å². The number of aliphatic hydroxyl groups is 2. The van der Waals surface area contributed by atoms with Gasteiger partial charge in [0.15, 0.2) is 0 Å². The minimum Gasteiger partial charge on any atom is -0.391 e. The van der Waals surface area contributed by atoms with Crippen molar-refractivity contribution in [2.24, 2.45) is 0 Å². The van der Waals surface area contributed by atoms with Crippen LogP contribution >= 0.6 is 0 Å². The molecule has 0 aliphatic carbocycles. The first-order valence-electron chi connectivity index (χ1n) is 25.0. The smallest absolute Gasteiger partial charge is 0.266 e. The molecule has 4 N–H and O–H groups in total. The van der Waals surface area contributed by atoms with Crippen molar-refractivity contribution < 1.29 is 28.0 Å². The van der Waals surface area contributed by atoms with Crippen LogP contribution in [0.25, 0.3) is 0 Å². The highest BCUT2D eigenvalue weighted by molar-refractivity contribution is 7.85. The molecular weight excluding hydrogens is 731 g/mol. The predicted octanol–water partition coefficient (Wildman–Crippen LogP) is 14.3. The van der Waals surface area contributed by atoms with Crippen LogP contribution in [0.4, 0.5) is 0 Å². The van der Waals surface area contributed by atoms with Crippen LogP contribution in [0, 0.1) is 0 Å². The molecule has 0 radical (unpaired) electrons. The Bertz CT molecular complexity index is 973. The van der Waals surface area contributed by atoms with Gasteiger partial charge in [-0.05, 0) is 38.5 Å². The molecule has 0 heterocycles. The lowest BCUT2D eigenvalue weighted by Crippen LogP contribution is -2.50. The van der Waals surface area contributed by atoms with Gasteiger partial charge in [-0.2, -0.15) is 8.42 Å². The number of carbonyl (C=O) groups is 1. The molecule has 0 bridgehead atoms. The lowest BCUT2D eigenvalue weighted by molar-refractivity contribution is -0.131. The van der Waals surface area contributed by atoms with Crippen LogP contribution < -0.4 is 5.32 Å². The molecule has 340 valence electrons. The maximum absolute atomic E-state index is 12.7. The third-order valence-corrected chi connectivity index (χ3v) is 12.6. The van der Waals surface area contributed by atoms with E-state index in [2.05, 4.69) is 31.3 Å². The summed E-state index contributed by atoms with van der Waals surface area (Å²) >= 11 is 0.